The first-order valence-electron chi connectivity index (χ1n) is 8.28. The lowest BCUT2D eigenvalue weighted by atomic mass is 10.1. The van der Waals surface area contributed by atoms with Crippen molar-refractivity contribution in [3.8, 4) is 0 Å². The number of morpholine rings is 1. The molecule has 7 heteroatoms. The van der Waals surface area contributed by atoms with Gasteiger partial charge in [-0.3, -0.25) is 4.90 Å². The molecule has 0 radical (unpaired) electrons. The second-order valence-corrected chi connectivity index (χ2v) is 9.09. The van der Waals surface area contributed by atoms with Gasteiger partial charge in [0.05, 0.1) is 12.7 Å². The lowest BCUT2D eigenvalue weighted by Gasteiger charge is -2.33. The van der Waals surface area contributed by atoms with Crippen LogP contribution < -0.4 is 5.73 Å². The van der Waals surface area contributed by atoms with Crippen molar-refractivity contribution in [3.05, 3.63) is 0 Å². The molecule has 1 fully saturated rings. The summed E-state index contributed by atoms with van der Waals surface area (Å²) in [5.74, 6) is 0.744. The zero-order chi connectivity index (χ0) is 16.8. The molecule has 6 nitrogen and oxygen atoms in total. The fraction of sp³-hybridized carbons (Fsp3) is 1.00. The number of hydrogen-bond acceptors (Lipinski definition) is 5. The first kappa shape index (κ1) is 19.8. The molecule has 0 aromatic rings. The Bertz CT molecular complexity index is 412. The van der Waals surface area contributed by atoms with Crippen LogP contribution in [0.5, 0.6) is 0 Å². The van der Waals surface area contributed by atoms with E-state index in [0.717, 1.165) is 32.2 Å². The van der Waals surface area contributed by atoms with Gasteiger partial charge in [-0.1, -0.05) is 13.8 Å². The van der Waals surface area contributed by atoms with Crippen molar-refractivity contribution in [2.45, 2.75) is 51.5 Å². The van der Waals surface area contributed by atoms with Gasteiger partial charge >= 0.3 is 0 Å². The minimum Gasteiger partial charge on any atom is -0.376 e. The molecule has 0 spiro atoms. The van der Waals surface area contributed by atoms with E-state index < -0.39 is 15.4 Å². The van der Waals surface area contributed by atoms with E-state index in [4.69, 9.17) is 10.5 Å². The zero-order valence-electron chi connectivity index (χ0n) is 14.5. The van der Waals surface area contributed by atoms with E-state index in [-0.39, 0.29) is 6.10 Å². The van der Waals surface area contributed by atoms with Crippen molar-refractivity contribution >= 4 is 10.0 Å². The van der Waals surface area contributed by atoms with Gasteiger partial charge in [0.2, 0.25) is 10.0 Å². The molecule has 1 aliphatic rings. The molecule has 2 unspecified atom stereocenters. The first-order valence-corrected chi connectivity index (χ1v) is 9.78. The summed E-state index contributed by atoms with van der Waals surface area (Å²) >= 11 is 0. The Morgan fingerprint density at radius 2 is 2.05 bits per heavy atom. The highest BCUT2D eigenvalue weighted by Gasteiger charge is 2.25. The van der Waals surface area contributed by atoms with Crippen molar-refractivity contribution in [1.82, 2.24) is 9.21 Å². The molecule has 1 rings (SSSR count). The minimum absolute atomic E-state index is 0.110. The molecule has 132 valence electrons. The predicted octanol–water partition coefficient (Wildman–Crippen LogP) is 1.08. The molecule has 0 amide bonds. The number of rotatable bonds is 9. The SMILES string of the molecule is CC(C)CCCN1CCOC(CCN(C)S(=O)(=O)C(C)N)C1. The van der Waals surface area contributed by atoms with Crippen LogP contribution in [0.25, 0.3) is 0 Å². The molecule has 0 aromatic heterocycles. The van der Waals surface area contributed by atoms with Crippen LogP contribution in [0.1, 0.15) is 40.0 Å². The van der Waals surface area contributed by atoms with Crippen LogP contribution in [-0.2, 0) is 14.8 Å². The van der Waals surface area contributed by atoms with E-state index in [1.807, 2.05) is 0 Å². The average molecular weight is 336 g/mol. The van der Waals surface area contributed by atoms with Crippen molar-refractivity contribution in [2.75, 3.05) is 39.8 Å². The standard InChI is InChI=1S/C15H33N3O3S/c1-13(2)6-5-8-18-10-11-21-15(12-18)7-9-17(4)22(19,20)14(3)16/h13-15H,5-12,16H2,1-4H3. The summed E-state index contributed by atoms with van der Waals surface area (Å²) in [5.41, 5.74) is 5.51. The number of ether oxygens (including phenoxy) is 1. The Kier molecular flexibility index (Phi) is 8.27. The van der Waals surface area contributed by atoms with Crippen LogP contribution in [0.3, 0.4) is 0 Å². The molecule has 22 heavy (non-hydrogen) atoms. The Morgan fingerprint density at radius 3 is 2.64 bits per heavy atom. The normalized spacial score (nSPS) is 22.4. The van der Waals surface area contributed by atoms with E-state index in [1.165, 1.54) is 24.1 Å². The molecule has 1 aliphatic heterocycles. The summed E-state index contributed by atoms with van der Waals surface area (Å²) in [5, 5.41) is -0.864. The van der Waals surface area contributed by atoms with Gasteiger partial charge in [0, 0.05) is 26.7 Å². The predicted molar refractivity (Wildman–Crippen MR) is 90.1 cm³/mol. The third-order valence-corrected chi connectivity index (χ3v) is 6.14. The van der Waals surface area contributed by atoms with Crippen molar-refractivity contribution < 1.29 is 13.2 Å². The Balaban J connectivity index is 2.34. The number of nitrogens with two attached hydrogens (primary N) is 1. The topological polar surface area (TPSA) is 75.9 Å². The van der Waals surface area contributed by atoms with Crippen LogP contribution >= 0.6 is 0 Å². The molecule has 2 N–H and O–H groups in total. The zero-order valence-corrected chi connectivity index (χ0v) is 15.3. The van der Waals surface area contributed by atoms with Gasteiger partial charge in [-0.2, -0.15) is 0 Å². The highest BCUT2D eigenvalue weighted by atomic mass is 32.2. The lowest BCUT2D eigenvalue weighted by molar-refractivity contribution is -0.0335. The van der Waals surface area contributed by atoms with Gasteiger partial charge in [0.25, 0.3) is 0 Å². The van der Waals surface area contributed by atoms with Gasteiger partial charge < -0.3 is 10.5 Å². The summed E-state index contributed by atoms with van der Waals surface area (Å²) < 4.78 is 31.0. The maximum Gasteiger partial charge on any atom is 0.229 e. The molecule has 2 atom stereocenters. The third-order valence-electron chi connectivity index (χ3n) is 4.15. The largest absolute Gasteiger partial charge is 0.376 e. The number of sulfonamides is 1. The second kappa shape index (κ2) is 9.17. The minimum atomic E-state index is -3.37. The van der Waals surface area contributed by atoms with Gasteiger partial charge in [0.15, 0.2) is 0 Å². The lowest BCUT2D eigenvalue weighted by Crippen LogP contribution is -2.45. The average Bonchev–Trinajstić information content (AvgIpc) is 2.44. The second-order valence-electron chi connectivity index (χ2n) is 6.69. The third kappa shape index (κ3) is 6.50. The van der Waals surface area contributed by atoms with Crippen molar-refractivity contribution in [3.63, 3.8) is 0 Å². The fourth-order valence-corrected chi connectivity index (χ4v) is 3.55. The number of nitrogens with zero attached hydrogens (tertiary/aromatic N) is 2. The van der Waals surface area contributed by atoms with Gasteiger partial charge in [-0.15, -0.1) is 0 Å². The maximum atomic E-state index is 11.9. The molecule has 0 bridgehead atoms. The summed E-state index contributed by atoms with van der Waals surface area (Å²) in [4.78, 5) is 2.43. The van der Waals surface area contributed by atoms with Crippen molar-refractivity contribution in [2.24, 2.45) is 11.7 Å². The molecule has 0 saturated carbocycles. The Hall–Kier alpha value is -0.210. The van der Waals surface area contributed by atoms with E-state index in [9.17, 15) is 8.42 Å². The van der Waals surface area contributed by atoms with E-state index >= 15 is 0 Å². The Labute approximate surface area is 136 Å². The maximum absolute atomic E-state index is 11.9. The van der Waals surface area contributed by atoms with Gasteiger partial charge in [-0.25, -0.2) is 12.7 Å². The summed E-state index contributed by atoms with van der Waals surface area (Å²) in [6.45, 7) is 10.1. The van der Waals surface area contributed by atoms with E-state index in [1.54, 1.807) is 7.05 Å². The molecular weight excluding hydrogens is 302 g/mol. The first-order chi connectivity index (χ1) is 10.2. The summed E-state index contributed by atoms with van der Waals surface area (Å²) in [6, 6.07) is 0. The number of hydrogen-bond donors (Lipinski definition) is 1. The summed E-state index contributed by atoms with van der Waals surface area (Å²) in [6.07, 6.45) is 3.28. The molecule has 1 saturated heterocycles. The quantitative estimate of drug-likeness (QED) is 0.682. The van der Waals surface area contributed by atoms with E-state index in [0.29, 0.717) is 13.0 Å². The highest BCUT2D eigenvalue weighted by molar-refractivity contribution is 7.89. The van der Waals surface area contributed by atoms with Gasteiger partial charge in [-0.05, 0) is 38.6 Å². The van der Waals surface area contributed by atoms with Gasteiger partial charge in [0.1, 0.15) is 5.37 Å². The van der Waals surface area contributed by atoms with Crippen LogP contribution in [0.4, 0.5) is 0 Å². The van der Waals surface area contributed by atoms with Crippen LogP contribution in [0.2, 0.25) is 0 Å². The monoisotopic (exact) mass is 335 g/mol. The van der Waals surface area contributed by atoms with Crippen LogP contribution in [0, 0.1) is 5.92 Å². The fourth-order valence-electron chi connectivity index (χ4n) is 2.62. The Morgan fingerprint density at radius 1 is 1.36 bits per heavy atom. The molecule has 0 aliphatic carbocycles. The summed E-state index contributed by atoms with van der Waals surface area (Å²) in [7, 11) is -1.79. The molecule has 1 heterocycles. The van der Waals surface area contributed by atoms with Crippen molar-refractivity contribution in [1.29, 1.82) is 0 Å². The molecular formula is C15H33N3O3S. The van der Waals surface area contributed by atoms with Crippen LogP contribution in [-0.4, -0.2) is 68.9 Å². The van der Waals surface area contributed by atoms with E-state index in [2.05, 4.69) is 18.7 Å². The highest BCUT2D eigenvalue weighted by Crippen LogP contribution is 2.13. The molecule has 0 aromatic carbocycles. The smallest absolute Gasteiger partial charge is 0.229 e. The van der Waals surface area contributed by atoms with Crippen LogP contribution in [0.15, 0.2) is 0 Å².